The van der Waals surface area contributed by atoms with Crippen LogP contribution in [0.15, 0.2) is 29.3 Å². The molecule has 0 aliphatic carbocycles. The van der Waals surface area contributed by atoms with Gasteiger partial charge in [-0.1, -0.05) is 12.1 Å². The first-order valence-corrected chi connectivity index (χ1v) is 5.89. The SMILES string of the molecule is COc1ccccc1C1=NCC(CCCN)O1. The van der Waals surface area contributed by atoms with Gasteiger partial charge in [0.1, 0.15) is 11.9 Å². The molecule has 4 heteroatoms. The van der Waals surface area contributed by atoms with Crippen molar-refractivity contribution in [2.45, 2.75) is 18.9 Å². The number of nitrogens with zero attached hydrogens (tertiary/aromatic N) is 1. The summed E-state index contributed by atoms with van der Waals surface area (Å²) in [5.74, 6) is 1.48. The van der Waals surface area contributed by atoms with Crippen molar-refractivity contribution in [1.29, 1.82) is 0 Å². The maximum absolute atomic E-state index is 5.81. The van der Waals surface area contributed by atoms with Gasteiger partial charge in [-0.05, 0) is 31.5 Å². The summed E-state index contributed by atoms with van der Waals surface area (Å²) >= 11 is 0. The quantitative estimate of drug-likeness (QED) is 0.841. The number of hydrogen-bond acceptors (Lipinski definition) is 4. The second-order valence-electron chi connectivity index (χ2n) is 4.02. The molecule has 0 spiro atoms. The molecule has 4 nitrogen and oxygen atoms in total. The summed E-state index contributed by atoms with van der Waals surface area (Å²) < 4.78 is 11.1. The second kappa shape index (κ2) is 5.68. The highest BCUT2D eigenvalue weighted by atomic mass is 16.5. The van der Waals surface area contributed by atoms with Gasteiger partial charge < -0.3 is 15.2 Å². The van der Waals surface area contributed by atoms with Crippen molar-refractivity contribution in [2.24, 2.45) is 10.7 Å². The Balaban J connectivity index is 2.04. The van der Waals surface area contributed by atoms with Crippen LogP contribution in [0.4, 0.5) is 0 Å². The topological polar surface area (TPSA) is 56.8 Å². The summed E-state index contributed by atoms with van der Waals surface area (Å²) in [5.41, 5.74) is 6.41. The zero-order valence-electron chi connectivity index (χ0n) is 10.1. The van der Waals surface area contributed by atoms with Crippen LogP contribution in [0, 0.1) is 0 Å². The molecule has 92 valence electrons. The van der Waals surface area contributed by atoms with E-state index in [-0.39, 0.29) is 6.10 Å². The lowest BCUT2D eigenvalue weighted by Gasteiger charge is -2.12. The second-order valence-corrected chi connectivity index (χ2v) is 4.02. The van der Waals surface area contributed by atoms with Gasteiger partial charge in [0.25, 0.3) is 0 Å². The van der Waals surface area contributed by atoms with Crippen LogP contribution in [0.25, 0.3) is 0 Å². The van der Waals surface area contributed by atoms with E-state index in [4.69, 9.17) is 15.2 Å². The van der Waals surface area contributed by atoms with E-state index in [1.807, 2.05) is 24.3 Å². The molecule has 0 aromatic heterocycles. The summed E-state index contributed by atoms with van der Waals surface area (Å²) in [4.78, 5) is 4.42. The molecule has 1 aliphatic heterocycles. The number of ether oxygens (including phenoxy) is 2. The molecule has 1 unspecified atom stereocenters. The molecule has 0 bridgehead atoms. The highest BCUT2D eigenvalue weighted by Crippen LogP contribution is 2.23. The van der Waals surface area contributed by atoms with Crippen molar-refractivity contribution in [3.63, 3.8) is 0 Å². The lowest BCUT2D eigenvalue weighted by atomic mass is 10.2. The minimum Gasteiger partial charge on any atom is -0.496 e. The number of aliphatic imine (C=N–C) groups is 1. The molecule has 0 saturated carbocycles. The Bertz CT molecular complexity index is 404. The first-order valence-electron chi connectivity index (χ1n) is 5.89. The molecule has 1 aromatic carbocycles. The van der Waals surface area contributed by atoms with E-state index in [0.29, 0.717) is 19.0 Å². The monoisotopic (exact) mass is 234 g/mol. The average Bonchev–Trinajstić information content (AvgIpc) is 2.85. The molecule has 1 atom stereocenters. The molecule has 1 aromatic rings. The predicted octanol–water partition coefficient (Wildman–Crippen LogP) is 1.58. The van der Waals surface area contributed by atoms with Gasteiger partial charge in [-0.25, -0.2) is 4.99 Å². The zero-order valence-corrected chi connectivity index (χ0v) is 10.1. The van der Waals surface area contributed by atoms with E-state index in [2.05, 4.69) is 4.99 Å². The van der Waals surface area contributed by atoms with Gasteiger partial charge in [0.05, 0.1) is 19.2 Å². The van der Waals surface area contributed by atoms with Crippen molar-refractivity contribution in [2.75, 3.05) is 20.2 Å². The van der Waals surface area contributed by atoms with E-state index < -0.39 is 0 Å². The number of para-hydroxylation sites is 1. The molecule has 0 amide bonds. The Labute approximate surface area is 101 Å². The third-order valence-electron chi connectivity index (χ3n) is 2.78. The summed E-state index contributed by atoms with van der Waals surface area (Å²) in [6, 6.07) is 7.76. The molecule has 0 fully saturated rings. The fourth-order valence-corrected chi connectivity index (χ4v) is 1.88. The minimum atomic E-state index is 0.165. The Morgan fingerprint density at radius 2 is 2.29 bits per heavy atom. The first-order chi connectivity index (χ1) is 8.35. The largest absolute Gasteiger partial charge is 0.496 e. The number of rotatable bonds is 5. The van der Waals surface area contributed by atoms with Gasteiger partial charge in [0.15, 0.2) is 0 Å². The number of benzene rings is 1. The Morgan fingerprint density at radius 3 is 3.06 bits per heavy atom. The average molecular weight is 234 g/mol. The van der Waals surface area contributed by atoms with E-state index in [1.165, 1.54) is 0 Å². The number of methoxy groups -OCH3 is 1. The van der Waals surface area contributed by atoms with Gasteiger partial charge in [-0.15, -0.1) is 0 Å². The number of nitrogens with two attached hydrogens (primary N) is 1. The lowest BCUT2D eigenvalue weighted by molar-refractivity contribution is 0.211. The summed E-state index contributed by atoms with van der Waals surface area (Å²) in [5, 5.41) is 0. The molecule has 2 rings (SSSR count). The van der Waals surface area contributed by atoms with Gasteiger partial charge in [0.2, 0.25) is 5.90 Å². The van der Waals surface area contributed by atoms with E-state index in [0.717, 1.165) is 24.2 Å². The van der Waals surface area contributed by atoms with Crippen molar-refractivity contribution >= 4 is 5.90 Å². The lowest BCUT2D eigenvalue weighted by Crippen LogP contribution is -2.15. The van der Waals surface area contributed by atoms with Crippen molar-refractivity contribution in [3.05, 3.63) is 29.8 Å². The fraction of sp³-hybridized carbons (Fsp3) is 0.462. The van der Waals surface area contributed by atoms with Gasteiger partial charge >= 0.3 is 0 Å². The van der Waals surface area contributed by atoms with Gasteiger partial charge in [-0.3, -0.25) is 0 Å². The van der Waals surface area contributed by atoms with Crippen molar-refractivity contribution in [1.82, 2.24) is 0 Å². The highest BCUT2D eigenvalue weighted by Gasteiger charge is 2.22. The molecule has 0 saturated heterocycles. The van der Waals surface area contributed by atoms with E-state index in [1.54, 1.807) is 7.11 Å². The normalized spacial score (nSPS) is 18.7. The summed E-state index contributed by atoms with van der Waals surface area (Å²) in [7, 11) is 1.65. The molecule has 17 heavy (non-hydrogen) atoms. The van der Waals surface area contributed by atoms with Crippen LogP contribution in [-0.2, 0) is 4.74 Å². The van der Waals surface area contributed by atoms with Crippen LogP contribution in [0.5, 0.6) is 5.75 Å². The predicted molar refractivity (Wildman–Crippen MR) is 67.6 cm³/mol. The Kier molecular flexibility index (Phi) is 3.98. The third kappa shape index (κ3) is 2.77. The first kappa shape index (κ1) is 11.9. The summed E-state index contributed by atoms with van der Waals surface area (Å²) in [6.45, 7) is 1.41. The minimum absolute atomic E-state index is 0.165. The zero-order chi connectivity index (χ0) is 12.1. The molecular weight excluding hydrogens is 216 g/mol. The maximum atomic E-state index is 5.81. The van der Waals surface area contributed by atoms with Crippen LogP contribution in [0.3, 0.4) is 0 Å². The molecule has 2 N–H and O–H groups in total. The van der Waals surface area contributed by atoms with Crippen LogP contribution < -0.4 is 10.5 Å². The van der Waals surface area contributed by atoms with Crippen molar-refractivity contribution in [3.8, 4) is 5.75 Å². The van der Waals surface area contributed by atoms with Crippen LogP contribution in [-0.4, -0.2) is 32.2 Å². The standard InChI is InChI=1S/C13H18N2O2/c1-16-12-7-3-2-6-11(12)13-15-9-10(17-13)5-4-8-14/h2-3,6-7,10H,4-5,8-9,14H2,1H3. The van der Waals surface area contributed by atoms with Gasteiger partial charge in [-0.2, -0.15) is 0 Å². The van der Waals surface area contributed by atoms with Gasteiger partial charge in [0, 0.05) is 0 Å². The molecular formula is C13H18N2O2. The Hall–Kier alpha value is -1.55. The maximum Gasteiger partial charge on any atom is 0.220 e. The molecule has 1 aliphatic rings. The van der Waals surface area contributed by atoms with E-state index >= 15 is 0 Å². The van der Waals surface area contributed by atoms with Crippen molar-refractivity contribution < 1.29 is 9.47 Å². The third-order valence-corrected chi connectivity index (χ3v) is 2.78. The molecule has 0 radical (unpaired) electrons. The fourth-order valence-electron chi connectivity index (χ4n) is 1.88. The Morgan fingerprint density at radius 1 is 1.47 bits per heavy atom. The molecule has 1 heterocycles. The highest BCUT2D eigenvalue weighted by molar-refractivity contribution is 5.97. The van der Waals surface area contributed by atoms with Crippen LogP contribution in [0.2, 0.25) is 0 Å². The summed E-state index contributed by atoms with van der Waals surface area (Å²) in [6.07, 6.45) is 2.09. The van der Waals surface area contributed by atoms with Crippen LogP contribution >= 0.6 is 0 Å². The smallest absolute Gasteiger partial charge is 0.220 e. The number of hydrogen-bond donors (Lipinski definition) is 1. The van der Waals surface area contributed by atoms with E-state index in [9.17, 15) is 0 Å². The van der Waals surface area contributed by atoms with Crippen LogP contribution in [0.1, 0.15) is 18.4 Å².